The number of carbonyl (C=O) groups is 2. The number of aryl methyl sites for hydroxylation is 2. The number of hydrazone groups is 1. The normalized spacial score (nSPS) is 15.3. The van der Waals surface area contributed by atoms with Crippen LogP contribution in [0.25, 0.3) is 0 Å². The Bertz CT molecular complexity index is 598. The predicted octanol–water partition coefficient (Wildman–Crippen LogP) is 3.46. The van der Waals surface area contributed by atoms with Crippen LogP contribution in [0, 0.1) is 13.8 Å². The van der Waals surface area contributed by atoms with Crippen LogP contribution in [-0.2, 0) is 9.59 Å². The van der Waals surface area contributed by atoms with Gasteiger partial charge in [0.1, 0.15) is 0 Å². The van der Waals surface area contributed by atoms with Gasteiger partial charge in [-0.2, -0.15) is 5.10 Å². The number of nitrogens with zero attached hydrogens (tertiary/aromatic N) is 1. The summed E-state index contributed by atoms with van der Waals surface area (Å²) in [5, 5.41) is 6.74. The molecule has 0 aliphatic heterocycles. The molecule has 0 heterocycles. The fraction of sp³-hybridized carbons (Fsp3) is 0.500. The van der Waals surface area contributed by atoms with Crippen LogP contribution < -0.4 is 10.7 Å². The second-order valence-electron chi connectivity index (χ2n) is 6.14. The van der Waals surface area contributed by atoms with Gasteiger partial charge in [0.25, 0.3) is 0 Å². The predicted molar refractivity (Wildman–Crippen MR) is 92.4 cm³/mol. The first kappa shape index (κ1) is 17.2. The van der Waals surface area contributed by atoms with Crippen LogP contribution in [0.3, 0.4) is 0 Å². The zero-order valence-corrected chi connectivity index (χ0v) is 13.9. The Balaban J connectivity index is 1.88. The fourth-order valence-corrected chi connectivity index (χ4v) is 2.61. The molecule has 5 heteroatoms. The number of nitrogens with one attached hydrogen (secondary N) is 2. The number of rotatable bonds is 2. The highest BCUT2D eigenvalue weighted by molar-refractivity contribution is 6.39. The number of hydrogen-bond donors (Lipinski definition) is 2. The molecule has 0 bridgehead atoms. The van der Waals surface area contributed by atoms with E-state index in [1.54, 1.807) is 6.07 Å². The molecule has 1 aliphatic carbocycles. The van der Waals surface area contributed by atoms with E-state index in [1.807, 2.05) is 26.0 Å². The number of anilines is 1. The Kier molecular flexibility index (Phi) is 6.32. The van der Waals surface area contributed by atoms with Crippen molar-refractivity contribution in [1.82, 2.24) is 5.43 Å². The van der Waals surface area contributed by atoms with Crippen molar-refractivity contribution in [1.29, 1.82) is 0 Å². The van der Waals surface area contributed by atoms with Crippen molar-refractivity contribution in [3.8, 4) is 0 Å². The Labute approximate surface area is 137 Å². The van der Waals surface area contributed by atoms with Gasteiger partial charge in [0.05, 0.1) is 0 Å². The van der Waals surface area contributed by atoms with Gasteiger partial charge in [-0.1, -0.05) is 25.3 Å². The summed E-state index contributed by atoms with van der Waals surface area (Å²) in [5.41, 5.74) is 6.19. The van der Waals surface area contributed by atoms with E-state index in [9.17, 15) is 9.59 Å². The topological polar surface area (TPSA) is 70.6 Å². The highest BCUT2D eigenvalue weighted by Crippen LogP contribution is 2.15. The minimum atomic E-state index is -0.724. The molecule has 1 aromatic rings. The lowest BCUT2D eigenvalue weighted by Crippen LogP contribution is -2.33. The average Bonchev–Trinajstić information content (AvgIpc) is 2.49. The van der Waals surface area contributed by atoms with E-state index in [1.165, 1.54) is 19.3 Å². The van der Waals surface area contributed by atoms with Crippen LogP contribution in [0.4, 0.5) is 5.69 Å². The molecule has 1 fully saturated rings. The number of hydrogen-bond acceptors (Lipinski definition) is 3. The molecule has 0 radical (unpaired) electrons. The van der Waals surface area contributed by atoms with Crippen LogP contribution in [0.2, 0.25) is 0 Å². The maximum atomic E-state index is 11.9. The van der Waals surface area contributed by atoms with Crippen molar-refractivity contribution in [2.45, 2.75) is 58.8 Å². The average molecular weight is 315 g/mol. The van der Waals surface area contributed by atoms with E-state index in [4.69, 9.17) is 0 Å². The molecule has 0 unspecified atom stereocenters. The number of carbonyl (C=O) groups excluding carboxylic acids is 2. The van der Waals surface area contributed by atoms with Crippen molar-refractivity contribution in [2.24, 2.45) is 5.10 Å². The first-order valence-corrected chi connectivity index (χ1v) is 8.30. The molecule has 124 valence electrons. The van der Waals surface area contributed by atoms with Gasteiger partial charge in [0.15, 0.2) is 0 Å². The third kappa shape index (κ3) is 5.51. The molecule has 0 aromatic heterocycles. The molecule has 0 spiro atoms. The summed E-state index contributed by atoms with van der Waals surface area (Å²) >= 11 is 0. The smallest absolute Gasteiger partial charge is 0.318 e. The standard InChI is InChI=1S/C18H25N3O2/c1-13-10-11-16(12-14(13)2)19-17(22)18(23)21-20-15-8-6-4-3-5-7-9-15/h10-12H,3-9H2,1-2H3,(H,19,22)(H,21,23). The van der Waals surface area contributed by atoms with Gasteiger partial charge in [0.2, 0.25) is 0 Å². The Morgan fingerprint density at radius 3 is 2.22 bits per heavy atom. The van der Waals surface area contributed by atoms with Crippen molar-refractivity contribution in [3.63, 3.8) is 0 Å². The summed E-state index contributed by atoms with van der Waals surface area (Å²) in [6.45, 7) is 3.96. The Morgan fingerprint density at radius 1 is 0.913 bits per heavy atom. The molecular weight excluding hydrogens is 290 g/mol. The molecule has 0 saturated heterocycles. The molecule has 5 nitrogen and oxygen atoms in total. The first-order chi connectivity index (χ1) is 11.1. The van der Waals surface area contributed by atoms with Gasteiger partial charge >= 0.3 is 11.8 Å². The minimum absolute atomic E-state index is 0.617. The summed E-state index contributed by atoms with van der Waals surface area (Å²) in [5.74, 6) is -1.42. The molecule has 2 rings (SSSR count). The SMILES string of the molecule is Cc1ccc(NC(=O)C(=O)NN=C2CCCCCCC2)cc1C. The lowest BCUT2D eigenvalue weighted by atomic mass is 9.99. The van der Waals surface area contributed by atoms with E-state index in [2.05, 4.69) is 15.8 Å². The highest BCUT2D eigenvalue weighted by Gasteiger charge is 2.14. The zero-order valence-electron chi connectivity index (χ0n) is 13.9. The van der Waals surface area contributed by atoms with Gasteiger partial charge in [-0.05, 0) is 62.8 Å². The van der Waals surface area contributed by atoms with E-state index in [0.29, 0.717) is 5.69 Å². The van der Waals surface area contributed by atoms with Crippen LogP contribution >= 0.6 is 0 Å². The third-order valence-electron chi connectivity index (χ3n) is 4.22. The lowest BCUT2D eigenvalue weighted by Gasteiger charge is -2.11. The maximum Gasteiger partial charge on any atom is 0.329 e. The molecule has 1 saturated carbocycles. The van der Waals surface area contributed by atoms with Gasteiger partial charge in [-0.25, -0.2) is 5.43 Å². The van der Waals surface area contributed by atoms with E-state index < -0.39 is 11.8 Å². The van der Waals surface area contributed by atoms with Crippen LogP contribution in [0.15, 0.2) is 23.3 Å². The molecular formula is C18H25N3O2. The quantitative estimate of drug-likeness (QED) is 0.648. The third-order valence-corrected chi connectivity index (χ3v) is 4.22. The van der Waals surface area contributed by atoms with Gasteiger partial charge in [-0.3, -0.25) is 9.59 Å². The summed E-state index contributed by atoms with van der Waals surface area (Å²) in [6, 6.07) is 5.55. The molecule has 1 aliphatic rings. The summed E-state index contributed by atoms with van der Waals surface area (Å²) in [4.78, 5) is 23.8. The van der Waals surface area contributed by atoms with Crippen LogP contribution in [0.1, 0.15) is 56.1 Å². The minimum Gasteiger partial charge on any atom is -0.318 e. The van der Waals surface area contributed by atoms with E-state index >= 15 is 0 Å². The molecule has 2 amide bonds. The molecule has 23 heavy (non-hydrogen) atoms. The van der Waals surface area contributed by atoms with E-state index in [0.717, 1.165) is 42.5 Å². The second-order valence-corrected chi connectivity index (χ2v) is 6.14. The summed E-state index contributed by atoms with van der Waals surface area (Å²) < 4.78 is 0. The number of amides is 2. The summed E-state index contributed by atoms with van der Waals surface area (Å²) in [6.07, 6.45) is 7.70. The van der Waals surface area contributed by atoms with Crippen molar-refractivity contribution < 1.29 is 9.59 Å². The largest absolute Gasteiger partial charge is 0.329 e. The number of benzene rings is 1. The van der Waals surface area contributed by atoms with E-state index in [-0.39, 0.29) is 0 Å². The van der Waals surface area contributed by atoms with Gasteiger partial charge in [-0.15, -0.1) is 0 Å². The first-order valence-electron chi connectivity index (χ1n) is 8.30. The maximum absolute atomic E-state index is 11.9. The Hall–Kier alpha value is -2.17. The van der Waals surface area contributed by atoms with Crippen molar-refractivity contribution in [3.05, 3.63) is 29.3 Å². The lowest BCUT2D eigenvalue weighted by molar-refractivity contribution is -0.136. The highest BCUT2D eigenvalue weighted by atomic mass is 16.2. The van der Waals surface area contributed by atoms with Crippen molar-refractivity contribution in [2.75, 3.05) is 5.32 Å². The molecule has 1 aromatic carbocycles. The van der Waals surface area contributed by atoms with Crippen molar-refractivity contribution >= 4 is 23.2 Å². The second kappa shape index (κ2) is 8.46. The molecule has 0 atom stereocenters. The van der Waals surface area contributed by atoms with Crippen LogP contribution in [-0.4, -0.2) is 17.5 Å². The van der Waals surface area contributed by atoms with Gasteiger partial charge in [0, 0.05) is 11.4 Å². The molecule has 2 N–H and O–H groups in total. The fourth-order valence-electron chi connectivity index (χ4n) is 2.61. The Morgan fingerprint density at radius 2 is 1.57 bits per heavy atom. The zero-order chi connectivity index (χ0) is 16.7. The van der Waals surface area contributed by atoms with Crippen LogP contribution in [0.5, 0.6) is 0 Å². The summed E-state index contributed by atoms with van der Waals surface area (Å²) in [7, 11) is 0. The monoisotopic (exact) mass is 315 g/mol. The van der Waals surface area contributed by atoms with Gasteiger partial charge < -0.3 is 5.32 Å².